The summed E-state index contributed by atoms with van der Waals surface area (Å²) in [4.78, 5) is 1.40. The molecule has 3 rings (SSSR count). The van der Waals surface area contributed by atoms with Crippen LogP contribution < -0.4 is 5.73 Å². The highest BCUT2D eigenvalue weighted by Gasteiger charge is 2.27. The summed E-state index contributed by atoms with van der Waals surface area (Å²) in [5, 5.41) is 0. The Hall–Kier alpha value is -0.770. The van der Waals surface area contributed by atoms with Crippen LogP contribution in [0.2, 0.25) is 0 Å². The monoisotopic (exact) mass is 333 g/mol. The standard InChI is InChI=1S/C16H16BrNS/c17-12-5-3-4-11(8-12)9-15(18)14-10-19-16-7-2-1-6-13(14)16/h1-8,14-15H,9-10,18H2. The Morgan fingerprint density at radius 3 is 2.89 bits per heavy atom. The summed E-state index contributed by atoms with van der Waals surface area (Å²) >= 11 is 5.45. The van der Waals surface area contributed by atoms with Crippen LogP contribution in [-0.4, -0.2) is 11.8 Å². The van der Waals surface area contributed by atoms with Crippen LogP contribution >= 0.6 is 27.7 Å². The van der Waals surface area contributed by atoms with E-state index in [4.69, 9.17) is 5.73 Å². The van der Waals surface area contributed by atoms with E-state index in [9.17, 15) is 0 Å². The summed E-state index contributed by atoms with van der Waals surface area (Å²) in [5.74, 6) is 1.58. The molecule has 0 radical (unpaired) electrons. The molecule has 2 aromatic carbocycles. The van der Waals surface area contributed by atoms with Gasteiger partial charge in [-0.05, 0) is 35.7 Å². The van der Waals surface area contributed by atoms with Crippen LogP contribution in [0.3, 0.4) is 0 Å². The van der Waals surface area contributed by atoms with E-state index in [-0.39, 0.29) is 6.04 Å². The lowest BCUT2D eigenvalue weighted by Gasteiger charge is -2.20. The van der Waals surface area contributed by atoms with Gasteiger partial charge in [-0.15, -0.1) is 11.8 Å². The molecule has 19 heavy (non-hydrogen) atoms. The maximum Gasteiger partial charge on any atom is 0.0178 e. The molecular formula is C16H16BrNS. The summed E-state index contributed by atoms with van der Waals surface area (Å²) in [6, 6.07) is 17.3. The zero-order valence-corrected chi connectivity index (χ0v) is 13.0. The number of hydrogen-bond acceptors (Lipinski definition) is 2. The topological polar surface area (TPSA) is 26.0 Å². The number of halogens is 1. The number of benzene rings is 2. The Morgan fingerprint density at radius 1 is 1.21 bits per heavy atom. The Balaban J connectivity index is 1.77. The van der Waals surface area contributed by atoms with Crippen LogP contribution in [0.25, 0.3) is 0 Å². The molecular weight excluding hydrogens is 318 g/mol. The van der Waals surface area contributed by atoms with Gasteiger partial charge in [-0.1, -0.05) is 46.3 Å². The summed E-state index contributed by atoms with van der Waals surface area (Å²) < 4.78 is 1.12. The number of nitrogens with two attached hydrogens (primary N) is 1. The van der Waals surface area contributed by atoms with Crippen molar-refractivity contribution in [3.8, 4) is 0 Å². The second-order valence-electron chi connectivity index (χ2n) is 4.95. The van der Waals surface area contributed by atoms with Gasteiger partial charge in [-0.3, -0.25) is 0 Å². The van der Waals surface area contributed by atoms with Crippen LogP contribution in [0.5, 0.6) is 0 Å². The van der Waals surface area contributed by atoms with Crippen molar-refractivity contribution in [3.63, 3.8) is 0 Å². The van der Waals surface area contributed by atoms with Gasteiger partial charge in [-0.2, -0.15) is 0 Å². The molecule has 0 aromatic heterocycles. The smallest absolute Gasteiger partial charge is 0.0178 e. The van der Waals surface area contributed by atoms with Crippen molar-refractivity contribution in [2.75, 3.05) is 5.75 Å². The minimum atomic E-state index is 0.186. The first kappa shape index (κ1) is 13.2. The van der Waals surface area contributed by atoms with Crippen LogP contribution in [0.15, 0.2) is 57.9 Å². The summed E-state index contributed by atoms with van der Waals surface area (Å²) in [6.45, 7) is 0. The largest absolute Gasteiger partial charge is 0.327 e. The minimum absolute atomic E-state index is 0.186. The van der Waals surface area contributed by atoms with Gasteiger partial charge in [-0.25, -0.2) is 0 Å². The molecule has 2 N–H and O–H groups in total. The normalized spacial score (nSPS) is 19.2. The SMILES string of the molecule is NC(Cc1cccc(Br)c1)C1CSc2ccccc21. The zero-order valence-electron chi connectivity index (χ0n) is 10.6. The van der Waals surface area contributed by atoms with E-state index in [0.717, 1.165) is 16.6 Å². The molecule has 1 nitrogen and oxygen atoms in total. The van der Waals surface area contributed by atoms with Gasteiger partial charge in [0.15, 0.2) is 0 Å². The summed E-state index contributed by atoms with van der Waals surface area (Å²) in [7, 11) is 0. The summed E-state index contributed by atoms with van der Waals surface area (Å²) in [5.41, 5.74) is 9.18. The van der Waals surface area contributed by atoms with E-state index in [1.54, 1.807) is 0 Å². The third kappa shape index (κ3) is 2.88. The van der Waals surface area contributed by atoms with Crippen molar-refractivity contribution in [2.24, 2.45) is 5.73 Å². The molecule has 0 aliphatic carbocycles. The predicted octanol–water partition coefficient (Wildman–Crippen LogP) is 4.21. The molecule has 0 amide bonds. The second kappa shape index (κ2) is 5.70. The molecule has 2 unspecified atom stereocenters. The van der Waals surface area contributed by atoms with Gasteiger partial charge in [0.25, 0.3) is 0 Å². The van der Waals surface area contributed by atoms with E-state index in [2.05, 4.69) is 64.5 Å². The maximum atomic E-state index is 6.45. The number of fused-ring (bicyclic) bond motifs is 1. The molecule has 2 aromatic rings. The number of hydrogen-bond donors (Lipinski definition) is 1. The fourth-order valence-electron chi connectivity index (χ4n) is 2.62. The Kier molecular flexibility index (Phi) is 3.96. The number of thioether (sulfide) groups is 1. The van der Waals surface area contributed by atoms with Crippen molar-refractivity contribution in [1.82, 2.24) is 0 Å². The number of rotatable bonds is 3. The molecule has 0 bridgehead atoms. The van der Waals surface area contributed by atoms with Gasteiger partial charge in [0.1, 0.15) is 0 Å². The lowest BCUT2D eigenvalue weighted by Crippen LogP contribution is -2.30. The first-order valence-electron chi connectivity index (χ1n) is 6.46. The van der Waals surface area contributed by atoms with E-state index in [1.165, 1.54) is 16.0 Å². The lowest BCUT2D eigenvalue weighted by atomic mass is 9.90. The van der Waals surface area contributed by atoms with Gasteiger partial charge in [0.2, 0.25) is 0 Å². The Bertz CT molecular complexity index is 584. The third-order valence-corrected chi connectivity index (χ3v) is 5.32. The Morgan fingerprint density at radius 2 is 2.05 bits per heavy atom. The predicted molar refractivity (Wildman–Crippen MR) is 85.7 cm³/mol. The average Bonchev–Trinajstić information content (AvgIpc) is 2.82. The van der Waals surface area contributed by atoms with Gasteiger partial charge in [0, 0.05) is 27.1 Å². The van der Waals surface area contributed by atoms with E-state index in [1.807, 2.05) is 11.8 Å². The molecule has 1 aliphatic heterocycles. The van der Waals surface area contributed by atoms with Gasteiger partial charge >= 0.3 is 0 Å². The lowest BCUT2D eigenvalue weighted by molar-refractivity contribution is 0.572. The van der Waals surface area contributed by atoms with E-state index >= 15 is 0 Å². The average molecular weight is 334 g/mol. The van der Waals surface area contributed by atoms with Crippen molar-refractivity contribution in [3.05, 3.63) is 64.1 Å². The van der Waals surface area contributed by atoms with Crippen LogP contribution in [0, 0.1) is 0 Å². The molecule has 1 heterocycles. The zero-order chi connectivity index (χ0) is 13.2. The van der Waals surface area contributed by atoms with Gasteiger partial charge in [0.05, 0.1) is 0 Å². The molecule has 0 fully saturated rings. The highest BCUT2D eigenvalue weighted by atomic mass is 79.9. The van der Waals surface area contributed by atoms with Crippen molar-refractivity contribution in [2.45, 2.75) is 23.3 Å². The highest BCUT2D eigenvalue weighted by molar-refractivity contribution is 9.10. The molecule has 2 atom stereocenters. The fourth-order valence-corrected chi connectivity index (χ4v) is 4.41. The molecule has 0 saturated carbocycles. The minimum Gasteiger partial charge on any atom is -0.327 e. The van der Waals surface area contributed by atoms with Crippen LogP contribution in [0.4, 0.5) is 0 Å². The second-order valence-corrected chi connectivity index (χ2v) is 6.93. The van der Waals surface area contributed by atoms with Crippen LogP contribution in [-0.2, 0) is 6.42 Å². The fraction of sp³-hybridized carbons (Fsp3) is 0.250. The Labute approximate surface area is 126 Å². The molecule has 1 aliphatic rings. The maximum absolute atomic E-state index is 6.45. The first-order valence-corrected chi connectivity index (χ1v) is 8.23. The summed E-state index contributed by atoms with van der Waals surface area (Å²) in [6.07, 6.45) is 0.930. The molecule has 0 spiro atoms. The third-order valence-electron chi connectivity index (χ3n) is 3.61. The van der Waals surface area contributed by atoms with E-state index in [0.29, 0.717) is 5.92 Å². The molecule has 0 saturated heterocycles. The first-order chi connectivity index (χ1) is 9.24. The van der Waals surface area contributed by atoms with Crippen LogP contribution in [0.1, 0.15) is 17.0 Å². The highest BCUT2D eigenvalue weighted by Crippen LogP contribution is 2.41. The van der Waals surface area contributed by atoms with Crippen molar-refractivity contribution >= 4 is 27.7 Å². The molecule has 3 heteroatoms. The molecule has 98 valence electrons. The van der Waals surface area contributed by atoms with Crippen molar-refractivity contribution in [1.29, 1.82) is 0 Å². The van der Waals surface area contributed by atoms with E-state index < -0.39 is 0 Å². The quantitative estimate of drug-likeness (QED) is 0.910. The van der Waals surface area contributed by atoms with Crippen molar-refractivity contribution < 1.29 is 0 Å². The van der Waals surface area contributed by atoms with Gasteiger partial charge < -0.3 is 5.73 Å².